The van der Waals surface area contributed by atoms with Gasteiger partial charge in [0.25, 0.3) is 5.91 Å². The Hall–Kier alpha value is -3.34. The number of rotatable bonds is 9. The highest BCUT2D eigenvalue weighted by atomic mass is 19.4. The van der Waals surface area contributed by atoms with Crippen LogP contribution in [0.25, 0.3) is 0 Å². The summed E-state index contributed by atoms with van der Waals surface area (Å²) in [6.07, 6.45) is 3.65. The van der Waals surface area contributed by atoms with E-state index in [0.29, 0.717) is 62.2 Å². The number of carbonyl (C=O) groups excluding carboxylic acids is 2. The first-order chi connectivity index (χ1) is 20.5. The zero-order chi connectivity index (χ0) is 30.4. The molecule has 4 bridgehead atoms. The number of hydrogen-bond acceptors (Lipinski definition) is 6. The van der Waals surface area contributed by atoms with Gasteiger partial charge in [-0.25, -0.2) is 4.98 Å². The van der Waals surface area contributed by atoms with Crippen LogP contribution in [0.15, 0.2) is 42.6 Å². The van der Waals surface area contributed by atoms with E-state index in [1.54, 1.807) is 18.2 Å². The molecule has 2 amide bonds. The number of aromatic hydroxyl groups is 1. The molecule has 3 unspecified atom stereocenters. The number of amides is 2. The first-order valence-corrected chi connectivity index (χ1v) is 15.3. The Morgan fingerprint density at radius 3 is 2.37 bits per heavy atom. The molecule has 0 spiro atoms. The molecular formula is C32H40F3N5O3. The number of benzene rings is 1. The van der Waals surface area contributed by atoms with Crippen LogP contribution in [-0.4, -0.2) is 71.1 Å². The van der Waals surface area contributed by atoms with E-state index >= 15 is 0 Å². The van der Waals surface area contributed by atoms with Gasteiger partial charge in [-0.2, -0.15) is 13.2 Å². The lowest BCUT2D eigenvalue weighted by molar-refractivity contribution is -0.137. The van der Waals surface area contributed by atoms with E-state index in [0.717, 1.165) is 44.4 Å². The van der Waals surface area contributed by atoms with Crippen LogP contribution in [0.5, 0.6) is 5.75 Å². The molecule has 43 heavy (non-hydrogen) atoms. The van der Waals surface area contributed by atoms with E-state index in [-0.39, 0.29) is 28.3 Å². The lowest BCUT2D eigenvalue weighted by atomic mass is 9.47. The molecule has 1 aromatic carbocycles. The minimum absolute atomic E-state index is 0.0617. The van der Waals surface area contributed by atoms with Crippen molar-refractivity contribution in [2.45, 2.75) is 62.7 Å². The van der Waals surface area contributed by atoms with Gasteiger partial charge in [0, 0.05) is 50.0 Å². The van der Waals surface area contributed by atoms with Crippen LogP contribution >= 0.6 is 0 Å². The fraction of sp³-hybridized carbons (Fsp3) is 0.594. The van der Waals surface area contributed by atoms with Crippen LogP contribution < -0.4 is 15.5 Å². The number of halogens is 3. The molecule has 0 radical (unpaired) electrons. The van der Waals surface area contributed by atoms with Gasteiger partial charge in [0.2, 0.25) is 6.41 Å². The van der Waals surface area contributed by atoms with Gasteiger partial charge in [-0.1, -0.05) is 12.1 Å². The van der Waals surface area contributed by atoms with E-state index in [4.69, 9.17) is 0 Å². The van der Waals surface area contributed by atoms with Crippen molar-refractivity contribution in [2.24, 2.45) is 23.7 Å². The molecule has 4 saturated carbocycles. The normalized spacial score (nSPS) is 30.1. The molecule has 11 heteroatoms. The first-order valence-electron chi connectivity index (χ1n) is 15.3. The molecule has 2 heterocycles. The summed E-state index contributed by atoms with van der Waals surface area (Å²) in [6.45, 7) is 5.16. The summed E-state index contributed by atoms with van der Waals surface area (Å²) < 4.78 is 39.1. The van der Waals surface area contributed by atoms with Gasteiger partial charge >= 0.3 is 6.18 Å². The quantitative estimate of drug-likeness (QED) is 0.369. The Bertz CT molecular complexity index is 1310. The number of phenols is 1. The third-order valence-electron chi connectivity index (χ3n) is 10.7. The molecule has 4 aliphatic carbocycles. The predicted molar refractivity (Wildman–Crippen MR) is 155 cm³/mol. The molecule has 8 nitrogen and oxygen atoms in total. The van der Waals surface area contributed by atoms with Crippen LogP contribution in [0, 0.1) is 23.7 Å². The molecular weight excluding hydrogens is 559 g/mol. The van der Waals surface area contributed by atoms with Gasteiger partial charge in [-0.3, -0.25) is 14.5 Å². The van der Waals surface area contributed by atoms with Crippen molar-refractivity contribution in [2.75, 3.05) is 37.6 Å². The number of aromatic nitrogens is 1. The summed E-state index contributed by atoms with van der Waals surface area (Å²) in [5, 5.41) is 16.5. The average molecular weight is 600 g/mol. The maximum absolute atomic E-state index is 13.2. The van der Waals surface area contributed by atoms with Crippen molar-refractivity contribution in [3.63, 3.8) is 0 Å². The maximum atomic E-state index is 13.2. The maximum Gasteiger partial charge on any atom is 0.417 e. The molecule has 3 N–H and O–H groups in total. The minimum atomic E-state index is -4.42. The summed E-state index contributed by atoms with van der Waals surface area (Å²) >= 11 is 0. The van der Waals surface area contributed by atoms with Gasteiger partial charge in [0.15, 0.2) is 0 Å². The number of anilines is 1. The standard InChI is InChI=1S/C32H40F3N5O3/c1-30(19-37-29(43)25-4-2-3-5-27(25)42,17-26-22-12-21-13-23(26)16-31(14-21,15-22)38-20-41)40-10-8-39(9-11-40)28-7-6-24(18-36-28)32(33,34)35/h2-7,18,20-23,26,42H,8-17,19H2,1H3,(H,37,43)(H,38,41). The van der Waals surface area contributed by atoms with Crippen LogP contribution in [-0.2, 0) is 11.0 Å². The fourth-order valence-corrected chi connectivity index (χ4v) is 8.83. The van der Waals surface area contributed by atoms with Gasteiger partial charge < -0.3 is 20.6 Å². The second-order valence-electron chi connectivity index (χ2n) is 13.5. The molecule has 2 aromatic rings. The molecule has 1 aromatic heterocycles. The molecule has 5 fully saturated rings. The summed E-state index contributed by atoms with van der Waals surface area (Å²) in [7, 11) is 0. The minimum Gasteiger partial charge on any atom is -0.507 e. The van der Waals surface area contributed by atoms with Crippen LogP contribution in [0.2, 0.25) is 0 Å². The van der Waals surface area contributed by atoms with E-state index in [1.165, 1.54) is 25.0 Å². The molecule has 7 rings (SSSR count). The van der Waals surface area contributed by atoms with Crippen LogP contribution in [0.4, 0.5) is 19.0 Å². The lowest BCUT2D eigenvalue weighted by Crippen LogP contribution is -2.64. The largest absolute Gasteiger partial charge is 0.507 e. The topological polar surface area (TPSA) is 97.8 Å². The van der Waals surface area contributed by atoms with Crippen molar-refractivity contribution < 1.29 is 27.9 Å². The van der Waals surface area contributed by atoms with Crippen molar-refractivity contribution in [3.8, 4) is 5.75 Å². The monoisotopic (exact) mass is 599 g/mol. The van der Waals surface area contributed by atoms with Gasteiger partial charge in [0.1, 0.15) is 11.6 Å². The van der Waals surface area contributed by atoms with Crippen LogP contribution in [0.3, 0.4) is 0 Å². The summed E-state index contributed by atoms with van der Waals surface area (Å²) in [4.78, 5) is 33.1. The average Bonchev–Trinajstić information content (AvgIpc) is 2.97. The number of hydrogen-bond donors (Lipinski definition) is 3. The Morgan fingerprint density at radius 1 is 1.07 bits per heavy atom. The number of nitrogens with one attached hydrogen (secondary N) is 2. The molecule has 5 aliphatic rings. The molecule has 1 saturated heterocycles. The Labute approximate surface area is 250 Å². The zero-order valence-corrected chi connectivity index (χ0v) is 24.4. The van der Waals surface area contributed by atoms with Crippen molar-refractivity contribution >= 4 is 18.1 Å². The van der Waals surface area contributed by atoms with Crippen molar-refractivity contribution in [3.05, 3.63) is 53.7 Å². The zero-order valence-electron chi connectivity index (χ0n) is 24.4. The van der Waals surface area contributed by atoms with Gasteiger partial charge in [-0.05, 0) is 93.4 Å². The van der Waals surface area contributed by atoms with Gasteiger partial charge in [0.05, 0.1) is 11.1 Å². The second-order valence-corrected chi connectivity index (χ2v) is 13.5. The predicted octanol–water partition coefficient (Wildman–Crippen LogP) is 4.45. The molecule has 1 aliphatic heterocycles. The smallest absolute Gasteiger partial charge is 0.417 e. The van der Waals surface area contributed by atoms with Gasteiger partial charge in [-0.15, -0.1) is 0 Å². The highest BCUT2D eigenvalue weighted by Gasteiger charge is 2.56. The molecule has 3 atom stereocenters. The Balaban J connectivity index is 1.19. The first kappa shape index (κ1) is 29.7. The number of piperazine rings is 1. The van der Waals surface area contributed by atoms with Crippen molar-refractivity contribution in [1.82, 2.24) is 20.5 Å². The number of carbonyl (C=O) groups is 2. The third kappa shape index (κ3) is 5.92. The van der Waals surface area contributed by atoms with E-state index in [2.05, 4.69) is 27.4 Å². The number of phenolic OH excluding ortho intramolecular Hbond substituents is 1. The van der Waals surface area contributed by atoms with E-state index < -0.39 is 11.7 Å². The lowest BCUT2D eigenvalue weighted by Gasteiger charge is -2.61. The van der Waals surface area contributed by atoms with Crippen LogP contribution in [0.1, 0.15) is 61.4 Å². The number of para-hydroxylation sites is 1. The summed E-state index contributed by atoms with van der Waals surface area (Å²) in [6, 6.07) is 9.02. The third-order valence-corrected chi connectivity index (χ3v) is 10.7. The van der Waals surface area contributed by atoms with E-state index in [9.17, 15) is 27.9 Å². The number of alkyl halides is 3. The fourth-order valence-electron chi connectivity index (χ4n) is 8.83. The number of pyridine rings is 1. The second kappa shape index (κ2) is 11.3. The summed E-state index contributed by atoms with van der Waals surface area (Å²) in [5.74, 6) is 2.29. The summed E-state index contributed by atoms with van der Waals surface area (Å²) in [5.41, 5.74) is -0.988. The van der Waals surface area contributed by atoms with Crippen molar-refractivity contribution in [1.29, 1.82) is 0 Å². The molecule has 232 valence electrons. The highest BCUT2D eigenvalue weighted by Crippen LogP contribution is 2.60. The van der Waals surface area contributed by atoms with E-state index in [1.807, 2.05) is 4.90 Å². The Kier molecular flexibility index (Phi) is 7.81. The Morgan fingerprint density at radius 2 is 1.77 bits per heavy atom. The highest BCUT2D eigenvalue weighted by molar-refractivity contribution is 5.96. The number of nitrogens with zero attached hydrogens (tertiary/aromatic N) is 3. The SMILES string of the molecule is CC(CNC(=O)c1ccccc1O)(CC1C2CC3CC1CC(NC=O)(C3)C2)N1CCN(c2ccc(C(F)(F)F)cn2)CC1.